The van der Waals surface area contributed by atoms with Crippen molar-refractivity contribution in [2.45, 2.75) is 6.54 Å². The van der Waals surface area contributed by atoms with Crippen LogP contribution < -0.4 is 10.2 Å². The number of methoxy groups -OCH3 is 1. The fourth-order valence-corrected chi connectivity index (χ4v) is 2.14. The number of aromatic hydroxyl groups is 1. The van der Waals surface area contributed by atoms with E-state index in [4.69, 9.17) is 4.74 Å². The fourth-order valence-electron chi connectivity index (χ4n) is 2.14. The molecular weight excluding hydrogens is 310 g/mol. The Morgan fingerprint density at radius 3 is 3.04 bits per heavy atom. The van der Waals surface area contributed by atoms with E-state index >= 15 is 0 Å². The van der Waals surface area contributed by atoms with Gasteiger partial charge in [0.1, 0.15) is 23.6 Å². The molecule has 1 aromatic heterocycles. The highest BCUT2D eigenvalue weighted by Gasteiger charge is 2.07. The molecule has 1 heterocycles. The molecule has 0 bridgehead atoms. The van der Waals surface area contributed by atoms with Crippen LogP contribution in [-0.4, -0.2) is 39.3 Å². The minimum absolute atomic E-state index is 0.0120. The van der Waals surface area contributed by atoms with Crippen LogP contribution in [0.5, 0.6) is 11.5 Å². The second-order valence-electron chi connectivity index (χ2n) is 4.95. The maximum absolute atomic E-state index is 12.0. The molecule has 3 rings (SSSR count). The Labute approximate surface area is 137 Å². The van der Waals surface area contributed by atoms with E-state index in [0.29, 0.717) is 11.3 Å². The maximum Gasteiger partial charge on any atom is 0.261 e. The van der Waals surface area contributed by atoms with E-state index in [0.717, 1.165) is 11.0 Å². The quantitative estimate of drug-likeness (QED) is 0.544. The van der Waals surface area contributed by atoms with Crippen molar-refractivity contribution in [3.63, 3.8) is 0 Å². The molecule has 0 aliphatic heterocycles. The zero-order valence-electron chi connectivity index (χ0n) is 12.9. The Kier molecular flexibility index (Phi) is 4.37. The number of hydrogen-bond donors (Lipinski definition) is 2. The van der Waals surface area contributed by atoms with E-state index in [2.05, 4.69) is 20.8 Å². The summed E-state index contributed by atoms with van der Waals surface area (Å²) in [5, 5.41) is 21.5. The normalized spacial score (nSPS) is 11.0. The van der Waals surface area contributed by atoms with E-state index in [1.54, 1.807) is 12.1 Å². The van der Waals surface area contributed by atoms with Crippen LogP contribution in [0.15, 0.2) is 47.6 Å². The molecule has 3 aromatic rings. The molecule has 24 heavy (non-hydrogen) atoms. The van der Waals surface area contributed by atoms with Gasteiger partial charge >= 0.3 is 0 Å². The third-order valence-corrected chi connectivity index (χ3v) is 3.34. The first-order chi connectivity index (χ1) is 11.7. The van der Waals surface area contributed by atoms with E-state index < -0.39 is 0 Å². The van der Waals surface area contributed by atoms with E-state index in [1.807, 2.05) is 24.3 Å². The van der Waals surface area contributed by atoms with Crippen molar-refractivity contribution in [2.24, 2.45) is 5.10 Å². The van der Waals surface area contributed by atoms with Gasteiger partial charge in [0.2, 0.25) is 0 Å². The molecule has 2 N–H and O–H groups in total. The van der Waals surface area contributed by atoms with Crippen LogP contribution in [-0.2, 0) is 11.3 Å². The standard InChI is InChI=1S/C16H15N5O3/c1-24-12-6-7-15(22)11(8-12)9-17-19-16(23)10-21-14-5-3-2-4-13(14)18-20-21/h2-9,22H,10H2,1H3,(H,19,23)/b17-9+. The van der Waals surface area contributed by atoms with Gasteiger partial charge in [-0.1, -0.05) is 17.3 Å². The summed E-state index contributed by atoms with van der Waals surface area (Å²) in [6, 6.07) is 12.1. The zero-order valence-corrected chi connectivity index (χ0v) is 12.9. The molecule has 0 fully saturated rings. The molecule has 8 heteroatoms. The third-order valence-electron chi connectivity index (χ3n) is 3.34. The largest absolute Gasteiger partial charge is 0.507 e. The fraction of sp³-hybridized carbons (Fsp3) is 0.125. The van der Waals surface area contributed by atoms with Crippen molar-refractivity contribution in [2.75, 3.05) is 7.11 Å². The van der Waals surface area contributed by atoms with Crippen molar-refractivity contribution in [3.8, 4) is 11.5 Å². The van der Waals surface area contributed by atoms with Crippen LogP contribution in [0, 0.1) is 0 Å². The summed E-state index contributed by atoms with van der Waals surface area (Å²) in [6.45, 7) is -0.0120. The number of nitrogens with zero attached hydrogens (tertiary/aromatic N) is 4. The minimum atomic E-state index is -0.357. The average Bonchev–Trinajstić information content (AvgIpc) is 3.00. The van der Waals surface area contributed by atoms with Gasteiger partial charge in [0.15, 0.2) is 0 Å². The number of rotatable bonds is 5. The van der Waals surface area contributed by atoms with E-state index in [9.17, 15) is 9.90 Å². The van der Waals surface area contributed by atoms with Gasteiger partial charge in [-0.3, -0.25) is 4.79 Å². The minimum Gasteiger partial charge on any atom is -0.507 e. The zero-order chi connectivity index (χ0) is 16.9. The number of phenols is 1. The second kappa shape index (κ2) is 6.78. The number of para-hydroxylation sites is 1. The number of carbonyl (C=O) groups is 1. The van der Waals surface area contributed by atoms with Crippen LogP contribution in [0.2, 0.25) is 0 Å². The lowest BCUT2D eigenvalue weighted by atomic mass is 10.2. The molecule has 0 aliphatic rings. The topological polar surface area (TPSA) is 102 Å². The lowest BCUT2D eigenvalue weighted by molar-refractivity contribution is -0.121. The van der Waals surface area contributed by atoms with Crippen molar-refractivity contribution >= 4 is 23.2 Å². The lowest BCUT2D eigenvalue weighted by Gasteiger charge is -2.03. The molecule has 2 aromatic carbocycles. The highest BCUT2D eigenvalue weighted by atomic mass is 16.5. The second-order valence-corrected chi connectivity index (χ2v) is 4.95. The van der Waals surface area contributed by atoms with Crippen molar-refractivity contribution in [1.82, 2.24) is 20.4 Å². The molecule has 0 unspecified atom stereocenters. The average molecular weight is 325 g/mol. The Morgan fingerprint density at radius 2 is 2.21 bits per heavy atom. The van der Waals surface area contributed by atoms with Crippen LogP contribution in [0.25, 0.3) is 11.0 Å². The van der Waals surface area contributed by atoms with Crippen molar-refractivity contribution < 1.29 is 14.6 Å². The first kappa shape index (κ1) is 15.5. The number of nitrogens with one attached hydrogen (secondary N) is 1. The van der Waals surface area contributed by atoms with Crippen LogP contribution in [0.1, 0.15) is 5.56 Å². The van der Waals surface area contributed by atoms with Crippen LogP contribution in [0.3, 0.4) is 0 Å². The Hall–Kier alpha value is -3.42. The highest BCUT2D eigenvalue weighted by Crippen LogP contribution is 2.20. The number of ether oxygens (including phenoxy) is 1. The van der Waals surface area contributed by atoms with E-state index in [1.165, 1.54) is 24.1 Å². The Bertz CT molecular complexity index is 904. The SMILES string of the molecule is COc1ccc(O)c(/C=N/NC(=O)Cn2nnc3ccccc32)c1. The molecule has 0 aliphatic carbocycles. The predicted molar refractivity (Wildman–Crippen MR) is 87.9 cm³/mol. The molecule has 8 nitrogen and oxygen atoms in total. The van der Waals surface area contributed by atoms with Gasteiger partial charge in [-0.2, -0.15) is 5.10 Å². The van der Waals surface area contributed by atoms with Crippen molar-refractivity contribution in [3.05, 3.63) is 48.0 Å². The summed E-state index contributed by atoms with van der Waals surface area (Å²) in [4.78, 5) is 12.0. The number of phenolic OH excluding ortho intramolecular Hbond substituents is 1. The first-order valence-electron chi connectivity index (χ1n) is 7.14. The molecule has 0 spiro atoms. The Balaban J connectivity index is 1.65. The van der Waals surface area contributed by atoms with Gasteiger partial charge in [-0.25, -0.2) is 10.1 Å². The molecular formula is C16H15N5O3. The molecule has 0 saturated heterocycles. The van der Waals surface area contributed by atoms with Gasteiger partial charge in [-0.05, 0) is 30.3 Å². The number of hydrogen-bond acceptors (Lipinski definition) is 6. The summed E-state index contributed by atoms with van der Waals surface area (Å²) >= 11 is 0. The summed E-state index contributed by atoms with van der Waals surface area (Å²) in [5.74, 6) is 0.259. The van der Waals surface area contributed by atoms with Gasteiger partial charge < -0.3 is 9.84 Å². The van der Waals surface area contributed by atoms with Gasteiger partial charge in [-0.15, -0.1) is 5.10 Å². The lowest BCUT2D eigenvalue weighted by Crippen LogP contribution is -2.23. The van der Waals surface area contributed by atoms with E-state index in [-0.39, 0.29) is 18.2 Å². The number of fused-ring (bicyclic) bond motifs is 1. The molecule has 0 atom stereocenters. The van der Waals surface area contributed by atoms with Gasteiger partial charge in [0.25, 0.3) is 5.91 Å². The molecule has 0 saturated carbocycles. The molecule has 1 amide bonds. The smallest absolute Gasteiger partial charge is 0.261 e. The highest BCUT2D eigenvalue weighted by molar-refractivity contribution is 5.86. The third kappa shape index (κ3) is 3.32. The monoisotopic (exact) mass is 325 g/mol. The van der Waals surface area contributed by atoms with Crippen LogP contribution >= 0.6 is 0 Å². The van der Waals surface area contributed by atoms with Gasteiger partial charge in [0.05, 0.1) is 18.8 Å². The number of aromatic nitrogens is 3. The Morgan fingerprint density at radius 1 is 1.38 bits per heavy atom. The molecule has 0 radical (unpaired) electrons. The number of hydrazone groups is 1. The van der Waals surface area contributed by atoms with Crippen LogP contribution in [0.4, 0.5) is 0 Å². The summed E-state index contributed by atoms with van der Waals surface area (Å²) in [7, 11) is 1.53. The first-order valence-corrected chi connectivity index (χ1v) is 7.14. The summed E-state index contributed by atoms with van der Waals surface area (Å²) < 4.78 is 6.56. The molecule has 122 valence electrons. The maximum atomic E-state index is 12.0. The number of carbonyl (C=O) groups excluding carboxylic acids is 1. The number of amides is 1. The summed E-state index contributed by atoms with van der Waals surface area (Å²) in [6.07, 6.45) is 1.34. The van der Waals surface area contributed by atoms with Gasteiger partial charge in [0, 0.05) is 5.56 Å². The van der Waals surface area contributed by atoms with Crippen molar-refractivity contribution in [1.29, 1.82) is 0 Å². The summed E-state index contributed by atoms with van der Waals surface area (Å²) in [5.41, 5.74) is 4.30. The number of benzene rings is 2. The predicted octanol–water partition coefficient (Wildman–Crippen LogP) is 1.30.